The van der Waals surface area contributed by atoms with Crippen LogP contribution in [-0.4, -0.2) is 13.1 Å². The van der Waals surface area contributed by atoms with Gasteiger partial charge in [-0.25, -0.2) is 0 Å². The molecule has 0 saturated heterocycles. The molecule has 0 saturated carbocycles. The second-order valence-corrected chi connectivity index (χ2v) is 5.08. The Balaban J connectivity index is 2.34. The van der Waals surface area contributed by atoms with Crippen molar-refractivity contribution in [2.45, 2.75) is 46.5 Å². The fourth-order valence-corrected chi connectivity index (χ4v) is 2.13. The Morgan fingerprint density at radius 3 is 2.24 bits per heavy atom. The first-order valence-corrected chi connectivity index (χ1v) is 7.04. The lowest BCUT2D eigenvalue weighted by Crippen LogP contribution is -2.23. The van der Waals surface area contributed by atoms with Crippen LogP contribution < -0.4 is 5.32 Å². The molecule has 1 heteroatoms. The molecule has 1 aromatic carbocycles. The average Bonchev–Trinajstić information content (AvgIpc) is 2.32. The van der Waals surface area contributed by atoms with Crippen molar-refractivity contribution in [3.8, 4) is 0 Å². The second-order valence-electron chi connectivity index (χ2n) is 5.08. The third-order valence-electron chi connectivity index (χ3n) is 3.07. The van der Waals surface area contributed by atoms with Gasteiger partial charge < -0.3 is 5.32 Å². The topological polar surface area (TPSA) is 12.0 Å². The van der Waals surface area contributed by atoms with Crippen molar-refractivity contribution in [3.05, 3.63) is 35.4 Å². The van der Waals surface area contributed by atoms with Gasteiger partial charge in [0.1, 0.15) is 0 Å². The van der Waals surface area contributed by atoms with Crippen LogP contribution in [0.2, 0.25) is 0 Å². The number of rotatable bonds is 8. The Kier molecular flexibility index (Phi) is 6.95. The Labute approximate surface area is 107 Å². The lowest BCUT2D eigenvalue weighted by atomic mass is 9.99. The van der Waals surface area contributed by atoms with Gasteiger partial charge in [0, 0.05) is 0 Å². The predicted octanol–water partition coefficient (Wildman–Crippen LogP) is 3.82. The van der Waals surface area contributed by atoms with Gasteiger partial charge in [0.2, 0.25) is 0 Å². The van der Waals surface area contributed by atoms with E-state index in [1.54, 1.807) is 0 Å². The van der Waals surface area contributed by atoms with Crippen LogP contribution in [0.3, 0.4) is 0 Å². The summed E-state index contributed by atoms with van der Waals surface area (Å²) in [6.07, 6.45) is 4.84. The van der Waals surface area contributed by atoms with E-state index in [1.165, 1.54) is 36.8 Å². The van der Waals surface area contributed by atoms with Crippen molar-refractivity contribution < 1.29 is 0 Å². The van der Waals surface area contributed by atoms with Crippen molar-refractivity contribution in [1.82, 2.24) is 5.32 Å². The van der Waals surface area contributed by atoms with Gasteiger partial charge in [0.05, 0.1) is 0 Å². The Morgan fingerprint density at radius 2 is 1.65 bits per heavy atom. The summed E-state index contributed by atoms with van der Waals surface area (Å²) < 4.78 is 0. The van der Waals surface area contributed by atoms with E-state index < -0.39 is 0 Å². The van der Waals surface area contributed by atoms with Crippen molar-refractivity contribution in [3.63, 3.8) is 0 Å². The van der Waals surface area contributed by atoms with Crippen molar-refractivity contribution >= 4 is 0 Å². The number of aryl methyl sites for hydroxylation is 1. The van der Waals surface area contributed by atoms with E-state index >= 15 is 0 Å². The standard InChI is InChI=1S/C16H27N/c1-4-6-15-7-9-16(10-8-15)12-14(3)13-17-11-5-2/h7-10,14,17H,4-6,11-13H2,1-3H3. The molecule has 0 aliphatic carbocycles. The number of benzene rings is 1. The van der Waals surface area contributed by atoms with Gasteiger partial charge in [-0.2, -0.15) is 0 Å². The van der Waals surface area contributed by atoms with Crippen LogP contribution >= 0.6 is 0 Å². The molecule has 0 spiro atoms. The molecule has 0 aromatic heterocycles. The van der Waals surface area contributed by atoms with Crippen LogP contribution in [0.15, 0.2) is 24.3 Å². The quantitative estimate of drug-likeness (QED) is 0.673. The van der Waals surface area contributed by atoms with Crippen LogP contribution in [0.5, 0.6) is 0 Å². The summed E-state index contributed by atoms with van der Waals surface area (Å²) in [6.45, 7) is 9.03. The average molecular weight is 233 g/mol. The lowest BCUT2D eigenvalue weighted by molar-refractivity contribution is 0.510. The third-order valence-corrected chi connectivity index (χ3v) is 3.07. The fourth-order valence-electron chi connectivity index (χ4n) is 2.13. The van der Waals surface area contributed by atoms with Crippen molar-refractivity contribution in [2.24, 2.45) is 5.92 Å². The zero-order valence-electron chi connectivity index (χ0n) is 11.6. The third kappa shape index (κ3) is 5.88. The van der Waals surface area contributed by atoms with Crippen LogP contribution in [0.25, 0.3) is 0 Å². The van der Waals surface area contributed by atoms with E-state index in [4.69, 9.17) is 0 Å². The monoisotopic (exact) mass is 233 g/mol. The molecule has 0 amide bonds. The van der Waals surface area contributed by atoms with E-state index in [1.807, 2.05) is 0 Å². The Bertz CT molecular complexity index is 289. The van der Waals surface area contributed by atoms with E-state index in [2.05, 4.69) is 50.4 Å². The number of hydrogen-bond donors (Lipinski definition) is 1. The minimum Gasteiger partial charge on any atom is -0.316 e. The summed E-state index contributed by atoms with van der Waals surface area (Å²) in [6, 6.07) is 9.15. The lowest BCUT2D eigenvalue weighted by Gasteiger charge is -2.12. The molecule has 0 radical (unpaired) electrons. The van der Waals surface area contributed by atoms with E-state index in [9.17, 15) is 0 Å². The molecule has 1 N–H and O–H groups in total. The van der Waals surface area contributed by atoms with Crippen molar-refractivity contribution in [1.29, 1.82) is 0 Å². The zero-order valence-corrected chi connectivity index (χ0v) is 11.6. The first-order chi connectivity index (χ1) is 8.26. The molecule has 0 heterocycles. The molecule has 17 heavy (non-hydrogen) atoms. The summed E-state index contributed by atoms with van der Waals surface area (Å²) in [5, 5.41) is 3.49. The molecule has 1 rings (SSSR count). The minimum atomic E-state index is 0.721. The van der Waals surface area contributed by atoms with E-state index in [0.29, 0.717) is 0 Å². The van der Waals surface area contributed by atoms with Gasteiger partial charge in [-0.15, -0.1) is 0 Å². The van der Waals surface area contributed by atoms with E-state index in [0.717, 1.165) is 19.0 Å². The normalized spacial score (nSPS) is 12.6. The summed E-state index contributed by atoms with van der Waals surface area (Å²) in [4.78, 5) is 0. The zero-order chi connectivity index (χ0) is 12.5. The molecular formula is C16H27N. The van der Waals surface area contributed by atoms with Crippen LogP contribution in [-0.2, 0) is 12.8 Å². The molecule has 0 fully saturated rings. The fraction of sp³-hybridized carbons (Fsp3) is 0.625. The molecule has 1 atom stereocenters. The SMILES string of the molecule is CCCNCC(C)Cc1ccc(CCC)cc1. The van der Waals surface area contributed by atoms with Gasteiger partial charge >= 0.3 is 0 Å². The maximum Gasteiger partial charge on any atom is -0.00200 e. The molecule has 1 nitrogen and oxygen atoms in total. The first kappa shape index (κ1) is 14.2. The molecular weight excluding hydrogens is 206 g/mol. The minimum absolute atomic E-state index is 0.721. The summed E-state index contributed by atoms with van der Waals surface area (Å²) in [5.41, 5.74) is 2.93. The highest BCUT2D eigenvalue weighted by Crippen LogP contribution is 2.11. The molecule has 1 unspecified atom stereocenters. The van der Waals surface area contributed by atoms with Crippen LogP contribution in [0.1, 0.15) is 44.7 Å². The number of nitrogens with one attached hydrogen (secondary N) is 1. The van der Waals surface area contributed by atoms with Gasteiger partial charge in [-0.1, -0.05) is 51.5 Å². The van der Waals surface area contributed by atoms with Gasteiger partial charge in [-0.3, -0.25) is 0 Å². The molecule has 96 valence electrons. The molecule has 0 aliphatic heterocycles. The smallest absolute Gasteiger partial charge is 0.00200 e. The summed E-state index contributed by atoms with van der Waals surface area (Å²) in [7, 11) is 0. The Hall–Kier alpha value is -0.820. The summed E-state index contributed by atoms with van der Waals surface area (Å²) in [5.74, 6) is 0.721. The van der Waals surface area contributed by atoms with Gasteiger partial charge in [0.15, 0.2) is 0 Å². The predicted molar refractivity (Wildman–Crippen MR) is 76.5 cm³/mol. The van der Waals surface area contributed by atoms with Gasteiger partial charge in [0.25, 0.3) is 0 Å². The highest BCUT2D eigenvalue weighted by atomic mass is 14.8. The highest BCUT2D eigenvalue weighted by molar-refractivity contribution is 5.22. The maximum absolute atomic E-state index is 3.49. The van der Waals surface area contributed by atoms with E-state index in [-0.39, 0.29) is 0 Å². The largest absolute Gasteiger partial charge is 0.316 e. The van der Waals surface area contributed by atoms with Crippen LogP contribution in [0, 0.1) is 5.92 Å². The first-order valence-electron chi connectivity index (χ1n) is 7.04. The maximum atomic E-state index is 3.49. The number of hydrogen-bond acceptors (Lipinski definition) is 1. The highest BCUT2D eigenvalue weighted by Gasteiger charge is 2.03. The van der Waals surface area contributed by atoms with Gasteiger partial charge in [-0.05, 0) is 49.4 Å². The molecule has 0 bridgehead atoms. The molecule has 0 aliphatic rings. The molecule has 1 aromatic rings. The second kappa shape index (κ2) is 8.30. The van der Waals surface area contributed by atoms with Crippen molar-refractivity contribution in [2.75, 3.05) is 13.1 Å². The Morgan fingerprint density at radius 1 is 1.00 bits per heavy atom. The van der Waals surface area contributed by atoms with Crippen LogP contribution in [0.4, 0.5) is 0 Å². The summed E-state index contributed by atoms with van der Waals surface area (Å²) >= 11 is 0.